The van der Waals surface area contributed by atoms with Crippen LogP contribution in [-0.4, -0.2) is 36.2 Å². The molecule has 0 saturated carbocycles. The first kappa shape index (κ1) is 15.0. The van der Waals surface area contributed by atoms with Crippen LogP contribution in [0, 0.1) is 6.92 Å². The Bertz CT molecular complexity index is 787. The van der Waals surface area contributed by atoms with Gasteiger partial charge in [0.2, 0.25) is 5.76 Å². The molecular weight excluding hydrogens is 302 g/mol. The van der Waals surface area contributed by atoms with Crippen LogP contribution in [0.4, 0.5) is 5.69 Å². The maximum Gasteiger partial charge on any atom is 0.202 e. The Balaban J connectivity index is 1.36. The average Bonchev–Trinajstić information content (AvgIpc) is 3.27. The van der Waals surface area contributed by atoms with E-state index in [-0.39, 0.29) is 0 Å². The van der Waals surface area contributed by atoms with Gasteiger partial charge >= 0.3 is 0 Å². The maximum atomic E-state index is 5.38. The summed E-state index contributed by atoms with van der Waals surface area (Å²) in [6, 6.07) is 14.3. The number of para-hydroxylation sites is 1. The number of piperazine rings is 1. The summed E-state index contributed by atoms with van der Waals surface area (Å²) in [6.45, 7) is 7.11. The molecule has 0 N–H and O–H groups in total. The van der Waals surface area contributed by atoms with E-state index in [1.54, 1.807) is 6.26 Å². The minimum atomic E-state index is 0.688. The number of anilines is 1. The van der Waals surface area contributed by atoms with Gasteiger partial charge in [0.15, 0.2) is 5.76 Å². The molecule has 0 amide bonds. The Hall–Kier alpha value is -2.53. The van der Waals surface area contributed by atoms with Crippen LogP contribution in [0.5, 0.6) is 0 Å². The highest BCUT2D eigenvalue weighted by Crippen LogP contribution is 2.23. The molecule has 0 unspecified atom stereocenters. The zero-order valence-corrected chi connectivity index (χ0v) is 13.8. The van der Waals surface area contributed by atoms with E-state index in [1.165, 1.54) is 11.3 Å². The summed E-state index contributed by atoms with van der Waals surface area (Å²) in [5.74, 6) is 1.41. The van der Waals surface area contributed by atoms with Crippen molar-refractivity contribution in [3.05, 3.63) is 60.0 Å². The molecule has 1 aliphatic heterocycles. The molecule has 0 aliphatic carbocycles. The van der Waals surface area contributed by atoms with Crippen molar-refractivity contribution in [3.8, 4) is 11.5 Å². The fourth-order valence-electron chi connectivity index (χ4n) is 3.22. The zero-order valence-electron chi connectivity index (χ0n) is 13.8. The minimum Gasteiger partial charge on any atom is -0.461 e. The van der Waals surface area contributed by atoms with Crippen molar-refractivity contribution in [2.75, 3.05) is 31.1 Å². The summed E-state index contributed by atoms with van der Waals surface area (Å²) < 4.78 is 10.7. The normalized spacial score (nSPS) is 15.8. The van der Waals surface area contributed by atoms with E-state index in [4.69, 9.17) is 8.94 Å². The van der Waals surface area contributed by atoms with Crippen LogP contribution in [0.3, 0.4) is 0 Å². The zero-order chi connectivity index (χ0) is 16.4. The van der Waals surface area contributed by atoms with Crippen molar-refractivity contribution in [1.82, 2.24) is 10.1 Å². The molecule has 1 fully saturated rings. The molecule has 3 heterocycles. The number of hydrogen-bond donors (Lipinski definition) is 0. The largest absolute Gasteiger partial charge is 0.461 e. The monoisotopic (exact) mass is 323 g/mol. The summed E-state index contributed by atoms with van der Waals surface area (Å²) in [4.78, 5) is 4.88. The molecule has 4 rings (SSSR count). The lowest BCUT2D eigenvalue weighted by atomic mass is 10.1. The molecule has 2 aromatic heterocycles. The first-order valence-corrected chi connectivity index (χ1v) is 8.32. The Kier molecular flexibility index (Phi) is 4.09. The van der Waals surface area contributed by atoms with Gasteiger partial charge in [-0.15, -0.1) is 0 Å². The standard InChI is InChI=1S/C19H21N3O2/c1-15-5-2-3-6-17(15)22-10-8-21(9-11-22)14-16-13-19(24-20-16)18-7-4-12-23-18/h2-7,12-13H,8-11,14H2,1H3. The van der Waals surface area contributed by atoms with Gasteiger partial charge in [-0.3, -0.25) is 4.90 Å². The van der Waals surface area contributed by atoms with Crippen LogP contribution in [0.2, 0.25) is 0 Å². The van der Waals surface area contributed by atoms with Crippen molar-refractivity contribution < 1.29 is 8.94 Å². The molecular formula is C19H21N3O2. The Morgan fingerprint density at radius 1 is 1.00 bits per heavy atom. The Labute approximate surface area is 141 Å². The summed E-state index contributed by atoms with van der Waals surface area (Å²) in [6.07, 6.45) is 1.64. The van der Waals surface area contributed by atoms with Crippen LogP contribution >= 0.6 is 0 Å². The Morgan fingerprint density at radius 3 is 2.58 bits per heavy atom. The Morgan fingerprint density at radius 2 is 1.83 bits per heavy atom. The summed E-state index contributed by atoms with van der Waals surface area (Å²) >= 11 is 0. The van der Waals surface area contributed by atoms with Crippen LogP contribution in [0.15, 0.2) is 57.7 Å². The number of hydrogen-bond acceptors (Lipinski definition) is 5. The first-order valence-electron chi connectivity index (χ1n) is 8.32. The second-order valence-corrected chi connectivity index (χ2v) is 6.21. The number of aryl methyl sites for hydroxylation is 1. The number of nitrogens with zero attached hydrogens (tertiary/aromatic N) is 3. The molecule has 0 spiro atoms. The molecule has 1 aliphatic rings. The van der Waals surface area contributed by atoms with Gasteiger partial charge in [-0.05, 0) is 30.7 Å². The van der Waals surface area contributed by atoms with Gasteiger partial charge in [0.05, 0.1) is 12.0 Å². The smallest absolute Gasteiger partial charge is 0.202 e. The maximum absolute atomic E-state index is 5.38. The van der Waals surface area contributed by atoms with Gasteiger partial charge < -0.3 is 13.8 Å². The molecule has 124 valence electrons. The highest BCUT2D eigenvalue weighted by atomic mass is 16.5. The minimum absolute atomic E-state index is 0.688. The summed E-state index contributed by atoms with van der Waals surface area (Å²) in [7, 11) is 0. The SMILES string of the molecule is Cc1ccccc1N1CCN(Cc2cc(-c3ccco3)on2)CC1. The third-order valence-electron chi connectivity index (χ3n) is 4.54. The summed E-state index contributed by atoms with van der Waals surface area (Å²) in [5, 5.41) is 4.17. The van der Waals surface area contributed by atoms with E-state index in [2.05, 4.69) is 46.1 Å². The van der Waals surface area contributed by atoms with E-state index in [9.17, 15) is 0 Å². The third-order valence-corrected chi connectivity index (χ3v) is 4.54. The molecule has 0 atom stereocenters. The lowest BCUT2D eigenvalue weighted by Gasteiger charge is -2.36. The number of benzene rings is 1. The van der Waals surface area contributed by atoms with Crippen molar-refractivity contribution >= 4 is 5.69 Å². The highest BCUT2D eigenvalue weighted by Gasteiger charge is 2.19. The molecule has 5 nitrogen and oxygen atoms in total. The van der Waals surface area contributed by atoms with E-state index in [1.807, 2.05) is 18.2 Å². The summed E-state index contributed by atoms with van der Waals surface area (Å²) in [5.41, 5.74) is 3.63. The first-order chi connectivity index (χ1) is 11.8. The van der Waals surface area contributed by atoms with Gasteiger partial charge in [0, 0.05) is 44.5 Å². The predicted octanol–water partition coefficient (Wildman–Crippen LogP) is 3.57. The van der Waals surface area contributed by atoms with Gasteiger partial charge in [-0.1, -0.05) is 23.4 Å². The second-order valence-electron chi connectivity index (χ2n) is 6.21. The number of aromatic nitrogens is 1. The van der Waals surface area contributed by atoms with Gasteiger partial charge in [0.1, 0.15) is 0 Å². The van der Waals surface area contributed by atoms with E-state index >= 15 is 0 Å². The molecule has 0 radical (unpaired) electrons. The average molecular weight is 323 g/mol. The van der Waals surface area contributed by atoms with Crippen LogP contribution < -0.4 is 4.90 Å². The van der Waals surface area contributed by atoms with E-state index < -0.39 is 0 Å². The molecule has 1 saturated heterocycles. The highest BCUT2D eigenvalue weighted by molar-refractivity contribution is 5.53. The van der Waals surface area contributed by atoms with Crippen molar-refractivity contribution in [1.29, 1.82) is 0 Å². The topological polar surface area (TPSA) is 45.7 Å². The second kappa shape index (κ2) is 6.53. The van der Waals surface area contributed by atoms with Crippen LogP contribution in [-0.2, 0) is 6.54 Å². The van der Waals surface area contributed by atoms with Crippen molar-refractivity contribution in [2.45, 2.75) is 13.5 Å². The van der Waals surface area contributed by atoms with Crippen LogP contribution in [0.25, 0.3) is 11.5 Å². The lowest BCUT2D eigenvalue weighted by Crippen LogP contribution is -2.46. The fraction of sp³-hybridized carbons (Fsp3) is 0.316. The molecule has 0 bridgehead atoms. The molecule has 24 heavy (non-hydrogen) atoms. The van der Waals surface area contributed by atoms with E-state index in [0.717, 1.165) is 44.2 Å². The molecule has 5 heteroatoms. The van der Waals surface area contributed by atoms with Crippen molar-refractivity contribution in [3.63, 3.8) is 0 Å². The molecule has 3 aromatic rings. The predicted molar refractivity (Wildman–Crippen MR) is 92.9 cm³/mol. The fourth-order valence-corrected chi connectivity index (χ4v) is 3.22. The van der Waals surface area contributed by atoms with Crippen LogP contribution in [0.1, 0.15) is 11.3 Å². The third kappa shape index (κ3) is 3.08. The molecule has 1 aromatic carbocycles. The van der Waals surface area contributed by atoms with E-state index in [0.29, 0.717) is 5.76 Å². The van der Waals surface area contributed by atoms with Gasteiger partial charge in [0.25, 0.3) is 0 Å². The van der Waals surface area contributed by atoms with Gasteiger partial charge in [-0.25, -0.2) is 0 Å². The lowest BCUT2D eigenvalue weighted by molar-refractivity contribution is 0.242. The number of furan rings is 1. The number of rotatable bonds is 4. The van der Waals surface area contributed by atoms with Crippen molar-refractivity contribution in [2.24, 2.45) is 0 Å². The quantitative estimate of drug-likeness (QED) is 0.734. The van der Waals surface area contributed by atoms with Gasteiger partial charge in [-0.2, -0.15) is 0 Å².